The first kappa shape index (κ1) is 17.7. The summed E-state index contributed by atoms with van der Waals surface area (Å²) in [6, 6.07) is 13.2. The standard InChI is InChI=1S/C20H21N3O3/c1-13-8-14(2)10-18(9-13)26-19-7-5-16(11-21-19)20(23-24)22-12-17-6-4-15(3)25-17/h4-11,24H,12H2,1-3H3,(H,22,23). The van der Waals surface area contributed by atoms with Crippen molar-refractivity contribution in [1.82, 2.24) is 10.5 Å². The number of aliphatic imine (C=N–C) groups is 1. The second-order valence-electron chi connectivity index (χ2n) is 6.10. The predicted octanol–water partition coefficient (Wildman–Crippen LogP) is 4.32. The van der Waals surface area contributed by atoms with Gasteiger partial charge in [-0.15, -0.1) is 0 Å². The lowest BCUT2D eigenvalue weighted by atomic mass is 10.1. The van der Waals surface area contributed by atoms with Crippen LogP contribution >= 0.6 is 0 Å². The maximum Gasteiger partial charge on any atom is 0.219 e. The van der Waals surface area contributed by atoms with E-state index in [0.29, 0.717) is 23.8 Å². The zero-order chi connectivity index (χ0) is 18.5. The third-order valence-corrected chi connectivity index (χ3v) is 3.72. The zero-order valence-electron chi connectivity index (χ0n) is 15.0. The van der Waals surface area contributed by atoms with Crippen LogP contribution in [0.15, 0.2) is 58.1 Å². The number of rotatable bonds is 5. The summed E-state index contributed by atoms with van der Waals surface area (Å²) in [7, 11) is 0. The number of hydrogen-bond donors (Lipinski definition) is 2. The van der Waals surface area contributed by atoms with Crippen LogP contribution in [0.2, 0.25) is 0 Å². The van der Waals surface area contributed by atoms with Gasteiger partial charge in [0.15, 0.2) is 5.84 Å². The fourth-order valence-electron chi connectivity index (χ4n) is 2.61. The van der Waals surface area contributed by atoms with E-state index < -0.39 is 0 Å². The van der Waals surface area contributed by atoms with Crippen LogP contribution in [0.25, 0.3) is 0 Å². The topological polar surface area (TPSA) is 79.9 Å². The molecule has 26 heavy (non-hydrogen) atoms. The number of hydroxylamine groups is 1. The molecule has 134 valence electrons. The molecule has 6 nitrogen and oxygen atoms in total. The molecule has 0 bridgehead atoms. The van der Waals surface area contributed by atoms with Gasteiger partial charge in [0.1, 0.15) is 17.3 Å². The van der Waals surface area contributed by atoms with E-state index in [-0.39, 0.29) is 0 Å². The number of ether oxygens (including phenoxy) is 1. The lowest BCUT2D eigenvalue weighted by molar-refractivity contribution is 0.234. The Bertz CT molecular complexity index is 894. The highest BCUT2D eigenvalue weighted by molar-refractivity contribution is 5.97. The number of pyridine rings is 1. The molecule has 2 heterocycles. The number of aryl methyl sites for hydroxylation is 3. The van der Waals surface area contributed by atoms with Crippen LogP contribution in [-0.4, -0.2) is 16.0 Å². The predicted molar refractivity (Wildman–Crippen MR) is 98.8 cm³/mol. The smallest absolute Gasteiger partial charge is 0.219 e. The van der Waals surface area contributed by atoms with Crippen LogP contribution in [0.4, 0.5) is 0 Å². The molecule has 0 aliphatic carbocycles. The van der Waals surface area contributed by atoms with Gasteiger partial charge in [0.05, 0.1) is 6.54 Å². The summed E-state index contributed by atoms with van der Waals surface area (Å²) in [6.07, 6.45) is 1.59. The first-order valence-corrected chi connectivity index (χ1v) is 8.26. The molecular formula is C20H21N3O3. The van der Waals surface area contributed by atoms with Gasteiger partial charge in [-0.1, -0.05) is 6.07 Å². The van der Waals surface area contributed by atoms with E-state index in [4.69, 9.17) is 9.15 Å². The summed E-state index contributed by atoms with van der Waals surface area (Å²) in [4.78, 5) is 8.60. The minimum atomic E-state index is 0.310. The van der Waals surface area contributed by atoms with E-state index in [1.807, 2.05) is 45.0 Å². The number of hydrogen-bond acceptors (Lipinski definition) is 5. The van der Waals surface area contributed by atoms with Crippen LogP contribution in [0, 0.1) is 20.8 Å². The lowest BCUT2D eigenvalue weighted by Crippen LogP contribution is -2.20. The van der Waals surface area contributed by atoms with Gasteiger partial charge in [-0.2, -0.15) is 0 Å². The minimum absolute atomic E-state index is 0.310. The maximum absolute atomic E-state index is 9.36. The Labute approximate surface area is 152 Å². The highest BCUT2D eigenvalue weighted by Crippen LogP contribution is 2.22. The van der Waals surface area contributed by atoms with Crippen LogP contribution in [0.1, 0.15) is 28.2 Å². The summed E-state index contributed by atoms with van der Waals surface area (Å²) < 4.78 is 11.3. The van der Waals surface area contributed by atoms with Crippen molar-refractivity contribution in [3.05, 3.63) is 76.9 Å². The summed E-state index contributed by atoms with van der Waals surface area (Å²) in [5.41, 5.74) is 5.01. The van der Waals surface area contributed by atoms with Gasteiger partial charge in [0.25, 0.3) is 0 Å². The average molecular weight is 351 g/mol. The van der Waals surface area contributed by atoms with Gasteiger partial charge >= 0.3 is 0 Å². The molecule has 0 aliphatic rings. The molecule has 0 amide bonds. The van der Waals surface area contributed by atoms with Gasteiger partial charge in [-0.05, 0) is 62.2 Å². The van der Waals surface area contributed by atoms with E-state index in [0.717, 1.165) is 28.4 Å². The number of aromatic nitrogens is 1. The highest BCUT2D eigenvalue weighted by Gasteiger charge is 2.06. The Morgan fingerprint density at radius 1 is 1.12 bits per heavy atom. The zero-order valence-corrected chi connectivity index (χ0v) is 15.0. The SMILES string of the molecule is Cc1cc(C)cc(Oc2ccc(C(=NCc3ccc(C)o3)NO)cn2)c1. The second-order valence-corrected chi connectivity index (χ2v) is 6.10. The van der Waals surface area contributed by atoms with E-state index in [2.05, 4.69) is 21.5 Å². The van der Waals surface area contributed by atoms with Gasteiger partial charge < -0.3 is 9.15 Å². The third-order valence-electron chi connectivity index (χ3n) is 3.72. The summed E-state index contributed by atoms with van der Waals surface area (Å²) in [6.45, 7) is 6.23. The molecule has 0 atom stereocenters. The molecule has 3 aromatic rings. The minimum Gasteiger partial charge on any atom is -0.464 e. The van der Waals surface area contributed by atoms with Crippen LogP contribution in [0.3, 0.4) is 0 Å². The van der Waals surface area contributed by atoms with Gasteiger partial charge in [0, 0.05) is 17.8 Å². The number of benzene rings is 1. The first-order valence-electron chi connectivity index (χ1n) is 8.26. The van der Waals surface area contributed by atoms with E-state index >= 15 is 0 Å². The summed E-state index contributed by atoms with van der Waals surface area (Å²) >= 11 is 0. The van der Waals surface area contributed by atoms with Crippen LogP contribution in [0.5, 0.6) is 11.6 Å². The Morgan fingerprint density at radius 2 is 1.88 bits per heavy atom. The highest BCUT2D eigenvalue weighted by atomic mass is 16.5. The second kappa shape index (κ2) is 7.84. The molecule has 0 spiro atoms. The van der Waals surface area contributed by atoms with Gasteiger partial charge in [0.2, 0.25) is 5.88 Å². The van der Waals surface area contributed by atoms with Crippen molar-refractivity contribution in [1.29, 1.82) is 0 Å². The Morgan fingerprint density at radius 3 is 2.46 bits per heavy atom. The van der Waals surface area contributed by atoms with Crippen molar-refractivity contribution in [3.8, 4) is 11.6 Å². The lowest BCUT2D eigenvalue weighted by Gasteiger charge is -2.08. The third kappa shape index (κ3) is 4.49. The quantitative estimate of drug-likeness (QED) is 0.406. The van der Waals surface area contributed by atoms with Crippen LogP contribution in [-0.2, 0) is 6.54 Å². The van der Waals surface area contributed by atoms with Crippen molar-refractivity contribution < 1.29 is 14.4 Å². The van der Waals surface area contributed by atoms with Crippen LogP contribution < -0.4 is 10.2 Å². The van der Waals surface area contributed by atoms with E-state index in [1.165, 1.54) is 0 Å². The number of nitrogens with one attached hydrogen (secondary N) is 1. The molecular weight excluding hydrogens is 330 g/mol. The first-order chi connectivity index (χ1) is 12.5. The molecule has 0 aliphatic heterocycles. The molecule has 0 radical (unpaired) electrons. The molecule has 3 rings (SSSR count). The van der Waals surface area contributed by atoms with Gasteiger partial charge in [-0.3, -0.25) is 15.7 Å². The summed E-state index contributed by atoms with van der Waals surface area (Å²) in [5, 5.41) is 9.36. The van der Waals surface area contributed by atoms with Crippen molar-refractivity contribution in [2.75, 3.05) is 0 Å². The monoisotopic (exact) mass is 351 g/mol. The molecule has 0 fully saturated rings. The average Bonchev–Trinajstić information content (AvgIpc) is 3.01. The number of furan rings is 1. The normalized spacial score (nSPS) is 11.5. The Hall–Kier alpha value is -3.12. The van der Waals surface area contributed by atoms with E-state index in [1.54, 1.807) is 18.3 Å². The molecule has 2 N–H and O–H groups in total. The maximum atomic E-state index is 9.36. The molecule has 2 aromatic heterocycles. The molecule has 6 heteroatoms. The van der Waals surface area contributed by atoms with Gasteiger partial charge in [-0.25, -0.2) is 4.98 Å². The molecule has 0 saturated carbocycles. The number of nitrogens with zero attached hydrogens (tertiary/aromatic N) is 2. The van der Waals surface area contributed by atoms with Crippen molar-refractivity contribution in [3.63, 3.8) is 0 Å². The van der Waals surface area contributed by atoms with E-state index in [9.17, 15) is 5.21 Å². The Kier molecular flexibility index (Phi) is 5.34. The Balaban J connectivity index is 1.72. The largest absolute Gasteiger partial charge is 0.464 e. The van der Waals surface area contributed by atoms with Crippen molar-refractivity contribution in [2.24, 2.45) is 4.99 Å². The fraction of sp³-hybridized carbons (Fsp3) is 0.200. The fourth-order valence-corrected chi connectivity index (χ4v) is 2.61. The number of amidine groups is 1. The molecule has 0 unspecified atom stereocenters. The summed E-state index contributed by atoms with van der Waals surface area (Å²) in [5.74, 6) is 3.06. The van der Waals surface area contributed by atoms with Crippen molar-refractivity contribution in [2.45, 2.75) is 27.3 Å². The van der Waals surface area contributed by atoms with Crippen molar-refractivity contribution >= 4 is 5.84 Å². The molecule has 1 aromatic carbocycles. The molecule has 0 saturated heterocycles.